The van der Waals surface area contributed by atoms with Crippen LogP contribution >= 0.6 is 0 Å². The summed E-state index contributed by atoms with van der Waals surface area (Å²) in [7, 11) is 0. The molecule has 1 saturated heterocycles. The molecule has 4 nitrogen and oxygen atoms in total. The topological polar surface area (TPSA) is 30.6 Å². The first-order chi connectivity index (χ1) is 9.90. The largest absolute Gasteiger partial charge is 0.355 e. The van der Waals surface area contributed by atoms with Crippen molar-refractivity contribution < 1.29 is 4.58 Å². The monoisotopic (exact) mass is 273 g/mol. The number of rotatable bonds is 0. The standard InChI is InChI=1S/2C8H12N2/c2*1-2-7-6(1)5-8-9-3-4-10(7)8/h2*6-7H,1-5H2/p+1. The van der Waals surface area contributed by atoms with E-state index in [0.717, 1.165) is 30.5 Å². The summed E-state index contributed by atoms with van der Waals surface area (Å²) in [6.07, 6.45) is 8.47. The molecule has 0 amide bonds. The molecule has 3 fully saturated rings. The molecule has 4 heteroatoms. The fraction of sp³-hybridized carbons (Fsp3) is 0.875. The molecular weight excluding hydrogens is 248 g/mol. The van der Waals surface area contributed by atoms with Gasteiger partial charge in [0.25, 0.3) is 0 Å². The fourth-order valence-electron chi connectivity index (χ4n) is 5.04. The molecule has 0 aromatic rings. The SMILES string of the molecule is C1CN2C(=N1)CC1CCC12.C1C[N+]2=C(CC3CCC32)N1. The minimum Gasteiger partial charge on any atom is -0.355 e. The highest BCUT2D eigenvalue weighted by molar-refractivity contribution is 5.86. The summed E-state index contributed by atoms with van der Waals surface area (Å²) in [5.74, 6) is 5.00. The van der Waals surface area contributed by atoms with Crippen molar-refractivity contribution in [3.05, 3.63) is 0 Å². The quantitative estimate of drug-likeness (QED) is 0.669. The van der Waals surface area contributed by atoms with Crippen LogP contribution in [0.15, 0.2) is 4.99 Å². The molecule has 6 rings (SSSR count). The van der Waals surface area contributed by atoms with Crippen molar-refractivity contribution >= 4 is 11.7 Å². The molecule has 1 N–H and O–H groups in total. The predicted molar refractivity (Wildman–Crippen MR) is 79.4 cm³/mol. The van der Waals surface area contributed by atoms with Crippen molar-refractivity contribution in [1.29, 1.82) is 0 Å². The smallest absolute Gasteiger partial charge is 0.245 e. The summed E-state index contributed by atoms with van der Waals surface area (Å²) >= 11 is 0. The van der Waals surface area contributed by atoms with Gasteiger partial charge < -0.3 is 4.90 Å². The second-order valence-corrected chi connectivity index (χ2v) is 7.28. The van der Waals surface area contributed by atoms with E-state index in [2.05, 4.69) is 19.8 Å². The van der Waals surface area contributed by atoms with Crippen molar-refractivity contribution in [2.45, 2.75) is 50.6 Å². The summed E-state index contributed by atoms with van der Waals surface area (Å²) in [6, 6.07) is 1.87. The molecule has 0 bridgehead atoms. The minimum absolute atomic E-state index is 0.918. The van der Waals surface area contributed by atoms with Gasteiger partial charge in [-0.15, -0.1) is 0 Å². The number of fused-ring (bicyclic) bond motifs is 5. The van der Waals surface area contributed by atoms with Gasteiger partial charge in [0.15, 0.2) is 0 Å². The Morgan fingerprint density at radius 1 is 1.10 bits per heavy atom. The number of hydrogen-bond acceptors (Lipinski definition) is 3. The molecule has 4 aliphatic heterocycles. The lowest BCUT2D eigenvalue weighted by atomic mass is 9.79. The maximum Gasteiger partial charge on any atom is 0.245 e. The summed E-state index contributed by atoms with van der Waals surface area (Å²) in [6.45, 7) is 4.75. The minimum atomic E-state index is 0.918. The third-order valence-corrected chi connectivity index (χ3v) is 6.45. The molecule has 2 aliphatic carbocycles. The second-order valence-electron chi connectivity index (χ2n) is 7.28. The van der Waals surface area contributed by atoms with Crippen LogP contribution in [0.3, 0.4) is 0 Å². The molecule has 4 atom stereocenters. The van der Waals surface area contributed by atoms with Crippen LogP contribution in [0.25, 0.3) is 0 Å². The number of nitrogens with zero attached hydrogens (tertiary/aromatic N) is 3. The number of aliphatic imine (C=N–C) groups is 1. The Morgan fingerprint density at radius 3 is 2.85 bits per heavy atom. The van der Waals surface area contributed by atoms with E-state index in [0.29, 0.717) is 0 Å². The van der Waals surface area contributed by atoms with Gasteiger partial charge in [0.1, 0.15) is 13.1 Å². The molecule has 4 heterocycles. The third kappa shape index (κ3) is 1.54. The lowest BCUT2D eigenvalue weighted by molar-refractivity contribution is -0.567. The van der Waals surface area contributed by atoms with Crippen LogP contribution in [0.5, 0.6) is 0 Å². The third-order valence-electron chi connectivity index (χ3n) is 6.45. The van der Waals surface area contributed by atoms with E-state index in [1.165, 1.54) is 64.0 Å². The van der Waals surface area contributed by atoms with Crippen LogP contribution in [0.1, 0.15) is 38.5 Å². The van der Waals surface area contributed by atoms with Gasteiger partial charge in [-0.1, -0.05) is 0 Å². The normalized spacial score (nSPS) is 42.4. The van der Waals surface area contributed by atoms with E-state index < -0.39 is 0 Å². The first kappa shape index (κ1) is 11.6. The van der Waals surface area contributed by atoms with Gasteiger partial charge in [0, 0.05) is 24.9 Å². The van der Waals surface area contributed by atoms with Crippen LogP contribution in [-0.4, -0.2) is 59.4 Å². The highest BCUT2D eigenvalue weighted by atomic mass is 15.3. The zero-order valence-corrected chi connectivity index (χ0v) is 12.2. The van der Waals surface area contributed by atoms with Crippen molar-refractivity contribution in [2.24, 2.45) is 16.8 Å². The average Bonchev–Trinajstić information content (AvgIpc) is 3.08. The Balaban J connectivity index is 0.0000000960. The fourth-order valence-corrected chi connectivity index (χ4v) is 5.04. The van der Waals surface area contributed by atoms with Gasteiger partial charge >= 0.3 is 0 Å². The maximum atomic E-state index is 4.48. The van der Waals surface area contributed by atoms with Crippen molar-refractivity contribution in [2.75, 3.05) is 26.2 Å². The van der Waals surface area contributed by atoms with Crippen LogP contribution in [0.2, 0.25) is 0 Å². The van der Waals surface area contributed by atoms with Crippen molar-refractivity contribution in [3.8, 4) is 0 Å². The lowest BCUT2D eigenvalue weighted by Crippen LogP contribution is -2.39. The number of nitrogens with one attached hydrogen (secondary N) is 1. The van der Waals surface area contributed by atoms with Gasteiger partial charge in [-0.25, -0.2) is 0 Å². The van der Waals surface area contributed by atoms with E-state index >= 15 is 0 Å². The molecule has 6 aliphatic rings. The molecule has 0 radical (unpaired) electrons. The zero-order chi connectivity index (χ0) is 13.1. The Kier molecular flexibility index (Phi) is 2.44. The van der Waals surface area contributed by atoms with E-state index in [9.17, 15) is 0 Å². The Hall–Kier alpha value is -1.06. The van der Waals surface area contributed by atoms with Crippen molar-refractivity contribution in [3.63, 3.8) is 0 Å². The van der Waals surface area contributed by atoms with Crippen LogP contribution in [-0.2, 0) is 0 Å². The summed E-state index contributed by atoms with van der Waals surface area (Å²) < 4.78 is 2.59. The van der Waals surface area contributed by atoms with Crippen LogP contribution in [0, 0.1) is 11.8 Å². The summed E-state index contributed by atoms with van der Waals surface area (Å²) in [5.41, 5.74) is 0. The van der Waals surface area contributed by atoms with Gasteiger partial charge in [-0.2, -0.15) is 0 Å². The Morgan fingerprint density at radius 2 is 2.05 bits per heavy atom. The maximum absolute atomic E-state index is 4.48. The highest BCUT2D eigenvalue weighted by Crippen LogP contribution is 2.42. The molecule has 0 aromatic carbocycles. The van der Waals surface area contributed by atoms with E-state index in [1.807, 2.05) is 0 Å². The first-order valence-electron chi connectivity index (χ1n) is 8.56. The average molecular weight is 273 g/mol. The molecule has 20 heavy (non-hydrogen) atoms. The summed E-state index contributed by atoms with van der Waals surface area (Å²) in [4.78, 5) is 7.02. The van der Waals surface area contributed by atoms with Gasteiger partial charge in [0.2, 0.25) is 5.84 Å². The molecule has 0 spiro atoms. The molecule has 4 unspecified atom stereocenters. The van der Waals surface area contributed by atoms with Gasteiger partial charge in [-0.05, 0) is 31.6 Å². The number of hydrogen-bond donors (Lipinski definition) is 1. The first-order valence-corrected chi connectivity index (χ1v) is 8.56. The highest BCUT2D eigenvalue weighted by Gasteiger charge is 2.47. The van der Waals surface area contributed by atoms with Crippen molar-refractivity contribution in [1.82, 2.24) is 10.2 Å². The lowest BCUT2D eigenvalue weighted by Gasteiger charge is -2.35. The van der Waals surface area contributed by atoms with Gasteiger partial charge in [-0.3, -0.25) is 14.9 Å². The summed E-state index contributed by atoms with van der Waals surface area (Å²) in [5, 5.41) is 3.46. The predicted octanol–water partition coefficient (Wildman–Crippen LogP) is 1.07. The van der Waals surface area contributed by atoms with Crippen LogP contribution < -0.4 is 5.32 Å². The molecule has 0 aromatic heterocycles. The van der Waals surface area contributed by atoms with Gasteiger partial charge in [0.05, 0.1) is 24.8 Å². The van der Waals surface area contributed by atoms with E-state index in [1.54, 1.807) is 5.84 Å². The second kappa shape index (κ2) is 4.22. The zero-order valence-electron chi connectivity index (χ0n) is 12.2. The molecule has 2 saturated carbocycles. The Labute approximate surface area is 120 Å². The van der Waals surface area contributed by atoms with E-state index in [4.69, 9.17) is 0 Å². The van der Waals surface area contributed by atoms with Crippen LogP contribution in [0.4, 0.5) is 0 Å². The Bertz CT molecular complexity index is 495. The number of amidine groups is 2. The van der Waals surface area contributed by atoms with E-state index in [-0.39, 0.29) is 0 Å². The molecule has 108 valence electrons. The molecular formula is C16H25N4+.